The smallest absolute Gasteiger partial charge is 0.387 e. The Morgan fingerprint density at radius 3 is 2.69 bits per heavy atom. The van der Waals surface area contributed by atoms with Crippen molar-refractivity contribution < 1.29 is 18.3 Å². The summed E-state index contributed by atoms with van der Waals surface area (Å²) in [4.78, 5) is 12.3. The summed E-state index contributed by atoms with van der Waals surface area (Å²) in [5.41, 5.74) is 2.48. The summed E-state index contributed by atoms with van der Waals surface area (Å²) in [6, 6.07) is 15.4. The molecule has 5 nitrogen and oxygen atoms in total. The maximum atomic E-state index is 12.3. The van der Waals surface area contributed by atoms with Crippen LogP contribution in [-0.4, -0.2) is 22.3 Å². The van der Waals surface area contributed by atoms with Crippen molar-refractivity contribution in [2.45, 2.75) is 20.1 Å². The van der Waals surface area contributed by atoms with Gasteiger partial charge in [-0.15, -0.1) is 0 Å². The van der Waals surface area contributed by atoms with Crippen LogP contribution in [0, 0.1) is 6.92 Å². The average Bonchev–Trinajstić information content (AvgIpc) is 3.03. The van der Waals surface area contributed by atoms with Crippen LogP contribution >= 0.6 is 0 Å². The van der Waals surface area contributed by atoms with Gasteiger partial charge in [0.1, 0.15) is 5.75 Å². The fourth-order valence-electron chi connectivity index (χ4n) is 2.40. The van der Waals surface area contributed by atoms with Gasteiger partial charge in [-0.2, -0.15) is 13.9 Å². The Morgan fingerprint density at radius 2 is 1.96 bits per heavy atom. The Hall–Kier alpha value is -3.22. The largest absolute Gasteiger partial charge is 0.435 e. The number of aryl methyl sites for hydroxylation is 1. The fourth-order valence-corrected chi connectivity index (χ4v) is 2.40. The van der Waals surface area contributed by atoms with Crippen molar-refractivity contribution in [3.05, 3.63) is 77.5 Å². The van der Waals surface area contributed by atoms with Crippen molar-refractivity contribution in [3.63, 3.8) is 0 Å². The van der Waals surface area contributed by atoms with Crippen molar-refractivity contribution in [1.29, 1.82) is 0 Å². The van der Waals surface area contributed by atoms with Gasteiger partial charge in [0.05, 0.1) is 6.54 Å². The molecule has 0 saturated heterocycles. The summed E-state index contributed by atoms with van der Waals surface area (Å²) in [6.45, 7) is -0.341. The summed E-state index contributed by atoms with van der Waals surface area (Å²) in [5, 5.41) is 6.94. The number of halogens is 2. The number of ether oxygens (including phenoxy) is 1. The number of nitrogens with one attached hydrogen (secondary N) is 1. The van der Waals surface area contributed by atoms with E-state index < -0.39 is 12.5 Å². The minimum absolute atomic E-state index is 0.0717. The lowest BCUT2D eigenvalue weighted by Gasteiger charge is -2.07. The molecule has 0 saturated carbocycles. The molecule has 3 aromatic rings. The molecule has 1 amide bonds. The summed E-state index contributed by atoms with van der Waals surface area (Å²) in [7, 11) is 0. The minimum atomic E-state index is -2.94. The quantitative estimate of drug-likeness (QED) is 0.723. The van der Waals surface area contributed by atoms with Gasteiger partial charge in [-0.3, -0.25) is 9.48 Å². The van der Waals surface area contributed by atoms with Gasteiger partial charge >= 0.3 is 6.61 Å². The minimum Gasteiger partial charge on any atom is -0.435 e. The predicted octanol–water partition coefficient (Wildman–Crippen LogP) is 4.09. The summed E-state index contributed by atoms with van der Waals surface area (Å²) >= 11 is 0. The molecule has 3 rings (SSSR count). The molecule has 1 N–H and O–H groups in total. The third-order valence-corrected chi connectivity index (χ3v) is 3.67. The number of carbonyl (C=O) groups excluding carboxylic acids is 1. The molecule has 0 aliphatic carbocycles. The molecule has 0 fully saturated rings. The van der Waals surface area contributed by atoms with Crippen LogP contribution in [0.5, 0.6) is 5.75 Å². The maximum Gasteiger partial charge on any atom is 0.387 e. The Balaban J connectivity index is 1.65. The molecule has 1 aromatic heterocycles. The van der Waals surface area contributed by atoms with E-state index in [1.807, 2.05) is 31.2 Å². The predicted molar refractivity (Wildman–Crippen MR) is 93.5 cm³/mol. The van der Waals surface area contributed by atoms with Crippen LogP contribution in [0.15, 0.2) is 60.8 Å². The highest BCUT2D eigenvalue weighted by atomic mass is 19.3. The zero-order valence-corrected chi connectivity index (χ0v) is 14.0. The molecule has 0 atom stereocenters. The maximum absolute atomic E-state index is 12.3. The molecule has 1 heterocycles. The number of anilines is 1. The molecule has 0 spiro atoms. The number of rotatable bonds is 6. The number of hydrogen-bond acceptors (Lipinski definition) is 3. The van der Waals surface area contributed by atoms with Crippen LogP contribution in [-0.2, 0) is 6.54 Å². The molecule has 7 heteroatoms. The summed E-state index contributed by atoms with van der Waals surface area (Å²) in [6.07, 6.45) is 1.76. The van der Waals surface area contributed by atoms with Crippen LogP contribution < -0.4 is 10.1 Å². The number of nitrogens with zero attached hydrogens (tertiary/aromatic N) is 2. The van der Waals surface area contributed by atoms with Crippen molar-refractivity contribution in [1.82, 2.24) is 9.78 Å². The number of amides is 1. The van der Waals surface area contributed by atoms with Crippen molar-refractivity contribution in [2.75, 3.05) is 5.32 Å². The van der Waals surface area contributed by atoms with Crippen molar-refractivity contribution >= 4 is 11.7 Å². The van der Waals surface area contributed by atoms with E-state index in [-0.39, 0.29) is 11.3 Å². The molecule has 0 radical (unpaired) electrons. The van der Waals surface area contributed by atoms with E-state index in [0.717, 1.165) is 5.56 Å². The van der Waals surface area contributed by atoms with E-state index >= 15 is 0 Å². The number of hydrogen-bond donors (Lipinski definition) is 1. The zero-order chi connectivity index (χ0) is 18.5. The van der Waals surface area contributed by atoms with Crippen molar-refractivity contribution in [3.8, 4) is 5.75 Å². The van der Waals surface area contributed by atoms with E-state index in [1.165, 1.54) is 29.8 Å². The molecule has 0 bridgehead atoms. The van der Waals surface area contributed by atoms with Crippen LogP contribution in [0.25, 0.3) is 0 Å². The van der Waals surface area contributed by atoms with Gasteiger partial charge < -0.3 is 10.1 Å². The van der Waals surface area contributed by atoms with Gasteiger partial charge in [0, 0.05) is 17.8 Å². The number of alkyl halides is 2. The SMILES string of the molecule is Cc1ccc(Cn2ccc(NC(=O)c3cccc(OC(F)F)c3)n2)cc1. The molecule has 0 unspecified atom stereocenters. The zero-order valence-electron chi connectivity index (χ0n) is 14.0. The molecule has 2 aromatic carbocycles. The van der Waals surface area contributed by atoms with E-state index in [0.29, 0.717) is 12.4 Å². The first-order chi connectivity index (χ1) is 12.5. The molecular weight excluding hydrogens is 340 g/mol. The third-order valence-electron chi connectivity index (χ3n) is 3.67. The molecule has 26 heavy (non-hydrogen) atoms. The highest BCUT2D eigenvalue weighted by Crippen LogP contribution is 2.17. The first kappa shape index (κ1) is 17.6. The summed E-state index contributed by atoms with van der Waals surface area (Å²) < 4.78 is 30.5. The second kappa shape index (κ2) is 7.77. The second-order valence-electron chi connectivity index (χ2n) is 5.74. The average molecular weight is 357 g/mol. The lowest BCUT2D eigenvalue weighted by Crippen LogP contribution is -2.13. The Morgan fingerprint density at radius 1 is 1.19 bits per heavy atom. The lowest BCUT2D eigenvalue weighted by molar-refractivity contribution is -0.0498. The summed E-state index contributed by atoms with van der Waals surface area (Å²) in [5.74, 6) is -0.148. The van der Waals surface area contributed by atoms with Gasteiger partial charge in [0.2, 0.25) is 0 Å². The third kappa shape index (κ3) is 4.66. The van der Waals surface area contributed by atoms with Gasteiger partial charge in [-0.05, 0) is 30.7 Å². The lowest BCUT2D eigenvalue weighted by atomic mass is 10.1. The van der Waals surface area contributed by atoms with Crippen LogP contribution in [0.1, 0.15) is 21.5 Å². The molecule has 0 aliphatic rings. The van der Waals surface area contributed by atoms with Crippen LogP contribution in [0.2, 0.25) is 0 Å². The van der Waals surface area contributed by atoms with Crippen LogP contribution in [0.4, 0.5) is 14.6 Å². The van der Waals surface area contributed by atoms with E-state index in [4.69, 9.17) is 0 Å². The number of carbonyl (C=O) groups is 1. The molecule has 134 valence electrons. The van der Waals surface area contributed by atoms with E-state index in [2.05, 4.69) is 15.2 Å². The normalized spacial score (nSPS) is 10.8. The van der Waals surface area contributed by atoms with Gasteiger partial charge in [0.25, 0.3) is 5.91 Å². The molecular formula is C19H17F2N3O2. The number of aromatic nitrogens is 2. The Bertz CT molecular complexity index is 892. The standard InChI is InChI=1S/C19H17F2N3O2/c1-13-5-7-14(8-6-13)12-24-10-9-17(23-24)22-18(25)15-3-2-4-16(11-15)26-19(20)21/h2-11,19H,12H2,1H3,(H,22,23,25). The second-order valence-corrected chi connectivity index (χ2v) is 5.74. The topological polar surface area (TPSA) is 56.2 Å². The first-order valence-corrected chi connectivity index (χ1v) is 7.95. The Kier molecular flexibility index (Phi) is 5.26. The van der Waals surface area contributed by atoms with Gasteiger partial charge in [-0.25, -0.2) is 0 Å². The monoisotopic (exact) mass is 357 g/mol. The first-order valence-electron chi connectivity index (χ1n) is 7.95. The molecule has 0 aliphatic heterocycles. The number of benzene rings is 2. The Labute approximate surface area is 149 Å². The fraction of sp³-hybridized carbons (Fsp3) is 0.158. The van der Waals surface area contributed by atoms with Gasteiger partial charge in [-0.1, -0.05) is 35.9 Å². The van der Waals surface area contributed by atoms with E-state index in [1.54, 1.807) is 16.9 Å². The highest BCUT2D eigenvalue weighted by molar-refractivity contribution is 6.03. The van der Waals surface area contributed by atoms with Gasteiger partial charge in [0.15, 0.2) is 5.82 Å². The van der Waals surface area contributed by atoms with E-state index in [9.17, 15) is 13.6 Å². The van der Waals surface area contributed by atoms with Crippen molar-refractivity contribution in [2.24, 2.45) is 0 Å². The highest BCUT2D eigenvalue weighted by Gasteiger charge is 2.11. The van der Waals surface area contributed by atoms with Crippen LogP contribution in [0.3, 0.4) is 0 Å².